The van der Waals surface area contributed by atoms with Crippen LogP contribution in [0.5, 0.6) is 0 Å². The van der Waals surface area contributed by atoms with E-state index in [1.807, 2.05) is 0 Å². The molecule has 0 aliphatic rings. The minimum atomic E-state index is -1.12. The van der Waals surface area contributed by atoms with Crippen LogP contribution in [0.2, 0.25) is 0 Å². The minimum Gasteiger partial charge on any atom is -0.344 e. The Morgan fingerprint density at radius 2 is 0.724 bits per heavy atom. The largest absolute Gasteiger partial charge is 0.344 e. The smallest absolute Gasteiger partial charge is 0.190 e. The normalized spacial score (nSPS) is 14.9. The molecule has 0 saturated carbocycles. The third kappa shape index (κ3) is 26.4. The van der Waals surface area contributed by atoms with Crippen molar-refractivity contribution in [1.82, 2.24) is 0 Å². The van der Waals surface area contributed by atoms with Crippen molar-refractivity contribution in [2.75, 3.05) is 0 Å². The Kier molecular flexibility index (Phi) is 20.1. The maximum atomic E-state index is 6.24. The van der Waals surface area contributed by atoms with Gasteiger partial charge in [-0.25, -0.2) is 0 Å². The van der Waals surface area contributed by atoms with E-state index in [4.69, 9.17) is 97.5 Å². The summed E-state index contributed by atoms with van der Waals surface area (Å²) in [7, 11) is 0. The first-order chi connectivity index (χ1) is 13.5. The second-order valence-corrected chi connectivity index (χ2v) is 13.5. The van der Waals surface area contributed by atoms with Gasteiger partial charge in [-0.15, -0.1) is 0 Å². The molecule has 176 valence electrons. The molecule has 0 bridgehead atoms. The molecule has 0 fully saturated rings. The van der Waals surface area contributed by atoms with Crippen LogP contribution in [0, 0.1) is 0 Å². The van der Waals surface area contributed by atoms with E-state index >= 15 is 0 Å². The fourth-order valence-electron chi connectivity index (χ4n) is 2.97. The average molecular weight is 574 g/mol. The van der Waals surface area contributed by atoms with Crippen LogP contribution in [-0.2, 0) is 4.74 Å². The quantitative estimate of drug-likeness (QED) is 0.117. The fraction of sp³-hybridized carbons (Fsp3) is 1.00. The van der Waals surface area contributed by atoms with Crippen LogP contribution < -0.4 is 0 Å². The Hall–Kier alpha value is 2.28. The van der Waals surface area contributed by atoms with Crippen LogP contribution in [0.3, 0.4) is 0 Å². The second kappa shape index (κ2) is 18.7. The Morgan fingerprint density at radius 1 is 0.448 bits per heavy atom. The van der Waals surface area contributed by atoms with Crippen molar-refractivity contribution < 1.29 is 4.74 Å². The molecule has 0 aromatic heterocycles. The van der Waals surface area contributed by atoms with Crippen molar-refractivity contribution in [3.8, 4) is 0 Å². The average Bonchev–Trinajstić information content (AvgIpc) is 2.57. The van der Waals surface area contributed by atoms with Crippen molar-refractivity contribution in [2.45, 2.75) is 121 Å². The Bertz CT molecular complexity index is 336. The molecule has 0 radical (unpaired) electrons. The molecule has 0 aliphatic carbocycles. The highest BCUT2D eigenvalue weighted by atomic mass is 35.6. The molecule has 0 spiro atoms. The molecule has 0 saturated heterocycles. The van der Waals surface area contributed by atoms with E-state index in [1.165, 1.54) is 0 Å². The lowest BCUT2D eigenvalue weighted by Gasteiger charge is -2.16. The third-order valence-electron chi connectivity index (χ3n) is 4.58. The van der Waals surface area contributed by atoms with Gasteiger partial charge in [0.1, 0.15) is 11.1 Å². The Morgan fingerprint density at radius 3 is 1.03 bits per heavy atom. The standard InChI is InChI=1S/C20H34Cl8O/c21-17(13-9-5-1-3-7-11-15-19(23,24)25)29-18(22)14-10-6-2-4-8-12-16-20(26,27)28/h17-18H,1-16H2. The van der Waals surface area contributed by atoms with Gasteiger partial charge in [0.15, 0.2) is 7.59 Å². The highest BCUT2D eigenvalue weighted by Gasteiger charge is 2.18. The maximum absolute atomic E-state index is 6.24. The molecule has 29 heavy (non-hydrogen) atoms. The Labute approximate surface area is 217 Å². The zero-order chi connectivity index (χ0) is 22.2. The predicted octanol–water partition coefficient (Wildman–Crippen LogP) is 11.1. The number of hydrogen-bond donors (Lipinski definition) is 0. The monoisotopic (exact) mass is 570 g/mol. The van der Waals surface area contributed by atoms with E-state index < -0.39 is 7.59 Å². The lowest BCUT2D eigenvalue weighted by atomic mass is 10.1. The van der Waals surface area contributed by atoms with E-state index in [0.717, 1.165) is 89.9 Å². The first-order valence-electron chi connectivity index (χ1n) is 10.6. The van der Waals surface area contributed by atoms with Gasteiger partial charge in [-0.3, -0.25) is 0 Å². The van der Waals surface area contributed by atoms with Crippen LogP contribution in [0.1, 0.15) is 103 Å². The van der Waals surface area contributed by atoms with Crippen molar-refractivity contribution in [1.29, 1.82) is 0 Å². The first kappa shape index (κ1) is 31.3. The number of unbranched alkanes of at least 4 members (excludes halogenated alkanes) is 10. The zero-order valence-corrected chi connectivity index (χ0v) is 22.9. The summed E-state index contributed by atoms with van der Waals surface area (Å²) in [6, 6.07) is 0. The summed E-state index contributed by atoms with van der Waals surface area (Å²) in [5.74, 6) is 0. The van der Waals surface area contributed by atoms with Crippen molar-refractivity contribution in [3.63, 3.8) is 0 Å². The van der Waals surface area contributed by atoms with Crippen molar-refractivity contribution >= 4 is 92.8 Å². The summed E-state index contributed by atoms with van der Waals surface area (Å²) in [5, 5.41) is 0. The van der Waals surface area contributed by atoms with Crippen LogP contribution in [0.15, 0.2) is 0 Å². The SMILES string of the molecule is ClC(CCCCCCCCC(Cl)(Cl)Cl)OC(Cl)CCCCCCCCC(Cl)(Cl)Cl. The van der Waals surface area contributed by atoms with Gasteiger partial charge >= 0.3 is 0 Å². The van der Waals surface area contributed by atoms with Gasteiger partial charge < -0.3 is 4.74 Å². The lowest BCUT2D eigenvalue weighted by molar-refractivity contribution is 0.0690. The van der Waals surface area contributed by atoms with E-state index in [1.54, 1.807) is 0 Å². The summed E-state index contributed by atoms with van der Waals surface area (Å²) < 4.78 is 3.42. The van der Waals surface area contributed by atoms with Crippen LogP contribution in [-0.4, -0.2) is 18.7 Å². The molecular weight excluding hydrogens is 540 g/mol. The molecule has 0 aromatic rings. The van der Waals surface area contributed by atoms with Gasteiger partial charge in [-0.1, -0.05) is 144 Å². The maximum Gasteiger partial charge on any atom is 0.190 e. The molecule has 0 rings (SSSR count). The van der Waals surface area contributed by atoms with Crippen molar-refractivity contribution in [2.24, 2.45) is 0 Å². The van der Waals surface area contributed by atoms with E-state index in [9.17, 15) is 0 Å². The molecule has 2 atom stereocenters. The van der Waals surface area contributed by atoms with Gasteiger partial charge in [0.2, 0.25) is 0 Å². The van der Waals surface area contributed by atoms with Crippen LogP contribution in [0.4, 0.5) is 0 Å². The fourth-order valence-corrected chi connectivity index (χ4v) is 4.38. The lowest BCUT2D eigenvalue weighted by Crippen LogP contribution is -2.13. The van der Waals surface area contributed by atoms with Crippen LogP contribution >= 0.6 is 92.8 Å². The summed E-state index contributed by atoms with van der Waals surface area (Å²) >= 11 is 46.9. The number of ether oxygens (including phenoxy) is 1. The molecule has 0 aliphatic heterocycles. The molecule has 2 unspecified atom stereocenters. The number of halogens is 8. The molecule has 0 N–H and O–H groups in total. The number of rotatable bonds is 18. The summed E-state index contributed by atoms with van der Waals surface area (Å²) in [6.07, 6.45) is 15.9. The highest BCUT2D eigenvalue weighted by Crippen LogP contribution is 2.33. The van der Waals surface area contributed by atoms with Gasteiger partial charge in [-0.2, -0.15) is 0 Å². The highest BCUT2D eigenvalue weighted by molar-refractivity contribution is 6.67. The molecule has 0 amide bonds. The summed E-state index contributed by atoms with van der Waals surface area (Å²) in [5.41, 5.74) is -0.632. The topological polar surface area (TPSA) is 9.23 Å². The number of alkyl halides is 8. The van der Waals surface area contributed by atoms with E-state index in [2.05, 4.69) is 0 Å². The van der Waals surface area contributed by atoms with Gasteiger partial charge in [0.05, 0.1) is 0 Å². The van der Waals surface area contributed by atoms with Crippen molar-refractivity contribution in [3.05, 3.63) is 0 Å². The summed E-state index contributed by atoms with van der Waals surface area (Å²) in [6.45, 7) is 0. The van der Waals surface area contributed by atoms with Crippen LogP contribution in [0.25, 0.3) is 0 Å². The minimum absolute atomic E-state index is 0.316. The van der Waals surface area contributed by atoms with E-state index in [-0.39, 0.29) is 11.1 Å². The molecule has 0 heterocycles. The zero-order valence-electron chi connectivity index (χ0n) is 16.9. The molecular formula is C20H34Cl8O. The predicted molar refractivity (Wildman–Crippen MR) is 135 cm³/mol. The molecule has 9 heteroatoms. The molecule has 0 aromatic carbocycles. The second-order valence-electron chi connectivity index (χ2n) is 7.51. The van der Waals surface area contributed by atoms with Gasteiger partial charge in [0, 0.05) is 0 Å². The number of hydrogen-bond acceptors (Lipinski definition) is 1. The summed E-state index contributed by atoms with van der Waals surface area (Å²) in [4.78, 5) is 0. The van der Waals surface area contributed by atoms with E-state index in [0.29, 0.717) is 12.8 Å². The Balaban J connectivity index is 3.42. The first-order valence-corrected chi connectivity index (χ1v) is 13.7. The molecule has 1 nitrogen and oxygen atoms in total. The van der Waals surface area contributed by atoms with Gasteiger partial charge in [-0.05, 0) is 51.4 Å². The van der Waals surface area contributed by atoms with Gasteiger partial charge in [0.25, 0.3) is 0 Å². The third-order valence-corrected chi connectivity index (χ3v) is 6.35.